The van der Waals surface area contributed by atoms with E-state index in [1.807, 2.05) is 25.2 Å². The van der Waals surface area contributed by atoms with Gasteiger partial charge in [-0.05, 0) is 41.8 Å². The lowest BCUT2D eigenvalue weighted by atomic mass is 10.1. The number of hydrogen-bond acceptors (Lipinski definition) is 8. The fraction of sp³-hybridized carbons (Fsp3) is 0.348. The van der Waals surface area contributed by atoms with Crippen LogP contribution in [0.25, 0.3) is 20.3 Å². The number of benzene rings is 1. The van der Waals surface area contributed by atoms with Crippen LogP contribution in [-0.2, 0) is 11.3 Å². The Morgan fingerprint density at radius 3 is 2.77 bits per heavy atom. The lowest BCUT2D eigenvalue weighted by Gasteiger charge is -2.35. The maximum absolute atomic E-state index is 12.3. The molecular formula is C23H24N4O2S2. The molecule has 0 amide bonds. The van der Waals surface area contributed by atoms with Gasteiger partial charge in [-0.3, -0.25) is 4.90 Å². The molecule has 5 rings (SSSR count). The van der Waals surface area contributed by atoms with E-state index >= 15 is 0 Å². The molecule has 31 heavy (non-hydrogen) atoms. The first-order valence-corrected chi connectivity index (χ1v) is 12.2. The second-order valence-corrected chi connectivity index (χ2v) is 9.58. The van der Waals surface area contributed by atoms with Crippen LogP contribution in [0.1, 0.15) is 27.7 Å². The normalized spacial score (nSPS) is 15.1. The van der Waals surface area contributed by atoms with E-state index < -0.39 is 0 Å². The molecule has 0 saturated carbocycles. The molecule has 0 spiro atoms. The first kappa shape index (κ1) is 20.4. The van der Waals surface area contributed by atoms with Crippen molar-refractivity contribution in [2.24, 2.45) is 0 Å². The lowest BCUT2D eigenvalue weighted by molar-refractivity contribution is 0.0531. The van der Waals surface area contributed by atoms with E-state index in [-0.39, 0.29) is 5.97 Å². The summed E-state index contributed by atoms with van der Waals surface area (Å²) in [7, 11) is 0. The van der Waals surface area contributed by atoms with E-state index in [1.165, 1.54) is 27.0 Å². The number of fused-ring (bicyclic) bond motifs is 2. The maximum Gasteiger partial charge on any atom is 0.348 e. The van der Waals surface area contributed by atoms with Crippen molar-refractivity contribution in [2.75, 3.05) is 37.7 Å². The largest absolute Gasteiger partial charge is 0.462 e. The second-order valence-electron chi connectivity index (χ2n) is 7.67. The number of carbonyl (C=O) groups is 1. The van der Waals surface area contributed by atoms with Crippen LogP contribution < -0.4 is 4.90 Å². The topological polar surface area (TPSA) is 58.6 Å². The van der Waals surface area contributed by atoms with E-state index in [2.05, 4.69) is 49.4 Å². The number of thiophene rings is 2. The summed E-state index contributed by atoms with van der Waals surface area (Å²) in [6.07, 6.45) is 1.60. The Morgan fingerprint density at radius 2 is 1.97 bits per heavy atom. The summed E-state index contributed by atoms with van der Waals surface area (Å²) in [5.74, 6) is 0.650. The lowest BCUT2D eigenvalue weighted by Crippen LogP contribution is -2.46. The van der Waals surface area contributed by atoms with Gasteiger partial charge >= 0.3 is 5.97 Å². The predicted molar refractivity (Wildman–Crippen MR) is 127 cm³/mol. The first-order chi connectivity index (χ1) is 15.2. The highest BCUT2D eigenvalue weighted by Crippen LogP contribution is 2.35. The summed E-state index contributed by atoms with van der Waals surface area (Å²) >= 11 is 3.21. The molecule has 0 radical (unpaired) electrons. The van der Waals surface area contributed by atoms with Gasteiger partial charge in [0.1, 0.15) is 21.9 Å². The van der Waals surface area contributed by atoms with E-state index in [0.717, 1.165) is 54.3 Å². The number of esters is 1. The van der Waals surface area contributed by atoms with Crippen molar-refractivity contribution >= 4 is 54.8 Å². The first-order valence-electron chi connectivity index (χ1n) is 10.5. The minimum atomic E-state index is -0.276. The van der Waals surface area contributed by atoms with Gasteiger partial charge < -0.3 is 9.64 Å². The van der Waals surface area contributed by atoms with E-state index in [0.29, 0.717) is 11.5 Å². The fourth-order valence-electron chi connectivity index (χ4n) is 4.20. The number of rotatable bonds is 5. The van der Waals surface area contributed by atoms with Gasteiger partial charge in [0.25, 0.3) is 0 Å². The summed E-state index contributed by atoms with van der Waals surface area (Å²) < 4.78 is 6.57. The predicted octanol–water partition coefficient (Wildman–Crippen LogP) is 4.71. The zero-order valence-corrected chi connectivity index (χ0v) is 19.3. The highest BCUT2D eigenvalue weighted by atomic mass is 32.1. The van der Waals surface area contributed by atoms with Crippen molar-refractivity contribution in [3.05, 3.63) is 52.0 Å². The van der Waals surface area contributed by atoms with E-state index in [1.54, 1.807) is 6.33 Å². The van der Waals surface area contributed by atoms with Gasteiger partial charge in [0.2, 0.25) is 0 Å². The molecule has 0 aliphatic carbocycles. The van der Waals surface area contributed by atoms with Gasteiger partial charge in [0.15, 0.2) is 0 Å². The zero-order chi connectivity index (χ0) is 21.4. The third-order valence-electron chi connectivity index (χ3n) is 5.79. The molecule has 4 heterocycles. The Labute approximate surface area is 189 Å². The van der Waals surface area contributed by atoms with Gasteiger partial charge in [0.05, 0.1) is 12.0 Å². The molecule has 1 aromatic carbocycles. The highest BCUT2D eigenvalue weighted by Gasteiger charge is 2.25. The molecular weight excluding hydrogens is 428 g/mol. The van der Waals surface area contributed by atoms with Crippen LogP contribution in [0.5, 0.6) is 0 Å². The van der Waals surface area contributed by atoms with Crippen LogP contribution in [0, 0.1) is 6.92 Å². The van der Waals surface area contributed by atoms with Crippen LogP contribution >= 0.6 is 22.7 Å². The zero-order valence-electron chi connectivity index (χ0n) is 17.6. The molecule has 3 aromatic heterocycles. The summed E-state index contributed by atoms with van der Waals surface area (Å²) in [5, 5.41) is 4.64. The number of piperazine rings is 1. The molecule has 0 bridgehead atoms. The molecule has 1 fully saturated rings. The number of hydrogen-bond donors (Lipinski definition) is 0. The number of ether oxygens (including phenoxy) is 1. The van der Waals surface area contributed by atoms with Gasteiger partial charge in [-0.25, -0.2) is 14.8 Å². The van der Waals surface area contributed by atoms with Crippen molar-refractivity contribution in [1.29, 1.82) is 0 Å². The molecule has 4 aromatic rings. The minimum Gasteiger partial charge on any atom is -0.462 e. The van der Waals surface area contributed by atoms with Crippen LogP contribution in [0.2, 0.25) is 0 Å². The molecule has 8 heteroatoms. The number of nitrogens with zero attached hydrogens (tertiary/aromatic N) is 4. The molecule has 0 N–H and O–H groups in total. The molecule has 1 saturated heterocycles. The molecule has 1 aliphatic heterocycles. The fourth-order valence-corrected chi connectivity index (χ4v) is 6.19. The average molecular weight is 453 g/mol. The molecule has 160 valence electrons. The SMILES string of the molecule is CCOC(=O)c1sc2ncnc(N3CCN(Cc4csc5ccccc45)CC3)c2c1C. The number of anilines is 1. The Kier molecular flexibility index (Phi) is 5.60. The van der Waals surface area contributed by atoms with Crippen molar-refractivity contribution in [3.8, 4) is 0 Å². The third kappa shape index (κ3) is 3.79. The van der Waals surface area contributed by atoms with Gasteiger partial charge in [0, 0.05) is 37.4 Å². The quantitative estimate of drug-likeness (QED) is 0.409. The number of aromatic nitrogens is 2. The Bertz CT molecular complexity index is 1240. The van der Waals surface area contributed by atoms with Crippen LogP contribution in [0.15, 0.2) is 36.0 Å². The monoisotopic (exact) mass is 452 g/mol. The van der Waals surface area contributed by atoms with Crippen molar-refractivity contribution in [2.45, 2.75) is 20.4 Å². The van der Waals surface area contributed by atoms with Crippen LogP contribution in [0.3, 0.4) is 0 Å². The maximum atomic E-state index is 12.3. The number of carbonyl (C=O) groups excluding carboxylic acids is 1. The van der Waals surface area contributed by atoms with Crippen LogP contribution in [0.4, 0.5) is 5.82 Å². The smallest absolute Gasteiger partial charge is 0.348 e. The van der Waals surface area contributed by atoms with Crippen molar-refractivity contribution < 1.29 is 9.53 Å². The summed E-state index contributed by atoms with van der Waals surface area (Å²) in [6.45, 7) is 8.89. The molecule has 0 atom stereocenters. The van der Waals surface area contributed by atoms with Crippen molar-refractivity contribution in [1.82, 2.24) is 14.9 Å². The summed E-state index contributed by atoms with van der Waals surface area (Å²) in [5.41, 5.74) is 2.33. The van der Waals surface area contributed by atoms with Crippen LogP contribution in [-0.4, -0.2) is 53.6 Å². The third-order valence-corrected chi connectivity index (χ3v) is 7.99. The van der Waals surface area contributed by atoms with E-state index in [9.17, 15) is 4.79 Å². The Balaban J connectivity index is 1.34. The number of aryl methyl sites for hydroxylation is 1. The van der Waals surface area contributed by atoms with Crippen molar-refractivity contribution in [3.63, 3.8) is 0 Å². The Morgan fingerprint density at radius 1 is 1.16 bits per heavy atom. The molecule has 0 unspecified atom stereocenters. The van der Waals surface area contributed by atoms with Gasteiger partial charge in [-0.15, -0.1) is 22.7 Å². The molecule has 1 aliphatic rings. The average Bonchev–Trinajstić information content (AvgIpc) is 3.36. The van der Waals surface area contributed by atoms with E-state index in [4.69, 9.17) is 4.74 Å². The molecule has 6 nitrogen and oxygen atoms in total. The Hall–Kier alpha value is -2.55. The standard InChI is InChI=1S/C23H24N4O2S2/c1-3-29-23(28)20-15(2)19-21(24-14-25-22(19)31-20)27-10-8-26(9-11-27)12-16-13-30-18-7-5-4-6-17(16)18/h4-7,13-14H,3,8-12H2,1-2H3. The minimum absolute atomic E-state index is 0.276. The summed E-state index contributed by atoms with van der Waals surface area (Å²) in [6, 6.07) is 8.62. The highest BCUT2D eigenvalue weighted by molar-refractivity contribution is 7.20. The van der Waals surface area contributed by atoms with Gasteiger partial charge in [-0.1, -0.05) is 18.2 Å². The van der Waals surface area contributed by atoms with Gasteiger partial charge in [-0.2, -0.15) is 0 Å². The second kappa shape index (κ2) is 8.53. The summed E-state index contributed by atoms with van der Waals surface area (Å²) in [4.78, 5) is 27.7.